The van der Waals surface area contributed by atoms with E-state index in [-0.39, 0.29) is 11.8 Å². The van der Waals surface area contributed by atoms with Crippen LogP contribution in [0.25, 0.3) is 11.4 Å². The number of ether oxygens (including phenoxy) is 1. The van der Waals surface area contributed by atoms with Gasteiger partial charge >= 0.3 is 6.01 Å². The van der Waals surface area contributed by atoms with Crippen molar-refractivity contribution >= 4 is 17.6 Å². The van der Waals surface area contributed by atoms with Crippen molar-refractivity contribution in [3.05, 3.63) is 54.1 Å². The predicted molar refractivity (Wildman–Crippen MR) is 131 cm³/mol. The summed E-state index contributed by atoms with van der Waals surface area (Å²) in [4.78, 5) is 21.9. The minimum Gasteiger partial charge on any atom is -0.497 e. The number of nitrogens with zero attached hydrogens (tertiary/aromatic N) is 4. The summed E-state index contributed by atoms with van der Waals surface area (Å²) in [6.45, 7) is 4.19. The average molecular weight is 462 g/mol. The van der Waals surface area contributed by atoms with Crippen molar-refractivity contribution in [2.45, 2.75) is 32.2 Å². The van der Waals surface area contributed by atoms with Crippen LogP contribution in [0.15, 0.2) is 53.1 Å². The Morgan fingerprint density at radius 1 is 1.03 bits per heavy atom. The summed E-state index contributed by atoms with van der Waals surface area (Å²) < 4.78 is 10.7. The molecule has 2 aliphatic rings. The first-order valence-corrected chi connectivity index (χ1v) is 12.0. The van der Waals surface area contributed by atoms with E-state index in [0.29, 0.717) is 31.5 Å². The molecule has 0 radical (unpaired) electrons. The van der Waals surface area contributed by atoms with E-state index in [1.54, 1.807) is 7.11 Å². The Morgan fingerprint density at radius 3 is 2.50 bits per heavy atom. The zero-order chi connectivity index (χ0) is 23.3. The first-order chi connectivity index (χ1) is 16.7. The second-order valence-corrected chi connectivity index (χ2v) is 8.93. The maximum absolute atomic E-state index is 12.9. The van der Waals surface area contributed by atoms with Gasteiger partial charge in [0.05, 0.1) is 7.11 Å². The van der Waals surface area contributed by atoms with E-state index in [9.17, 15) is 4.79 Å². The number of nitrogens with one attached hydrogen (secondary N) is 1. The normalized spacial score (nSPS) is 16.6. The number of aromatic nitrogens is 2. The van der Waals surface area contributed by atoms with E-state index >= 15 is 0 Å². The van der Waals surface area contributed by atoms with Crippen LogP contribution >= 0.6 is 0 Å². The number of carbonyl (C=O) groups is 1. The lowest BCUT2D eigenvalue weighted by atomic mass is 9.96. The van der Waals surface area contributed by atoms with Crippen molar-refractivity contribution in [1.29, 1.82) is 0 Å². The van der Waals surface area contributed by atoms with Crippen molar-refractivity contribution in [2.24, 2.45) is 5.92 Å². The second kappa shape index (κ2) is 10.2. The van der Waals surface area contributed by atoms with Crippen LogP contribution < -0.4 is 19.9 Å². The minimum absolute atomic E-state index is 0.000760. The smallest absolute Gasteiger partial charge is 0.324 e. The molecule has 2 aromatic carbocycles. The van der Waals surface area contributed by atoms with Crippen molar-refractivity contribution in [3.8, 4) is 17.1 Å². The maximum Gasteiger partial charge on any atom is 0.324 e. The van der Waals surface area contributed by atoms with E-state index in [2.05, 4.69) is 43.5 Å². The monoisotopic (exact) mass is 461 g/mol. The fraction of sp³-hybridized carbons (Fsp3) is 0.423. The quantitative estimate of drug-likeness (QED) is 0.572. The van der Waals surface area contributed by atoms with Crippen LogP contribution in [0.2, 0.25) is 0 Å². The molecular formula is C26H31N5O3. The molecule has 0 atom stereocenters. The Labute approximate surface area is 199 Å². The number of anilines is 2. The number of methoxy groups -OCH3 is 1. The zero-order valence-corrected chi connectivity index (χ0v) is 19.6. The molecular weight excluding hydrogens is 430 g/mol. The van der Waals surface area contributed by atoms with Gasteiger partial charge in [-0.3, -0.25) is 4.79 Å². The molecule has 3 aromatic rings. The number of para-hydroxylation sites is 1. The topological polar surface area (TPSA) is 83.7 Å². The van der Waals surface area contributed by atoms with E-state index in [0.717, 1.165) is 37.2 Å². The Morgan fingerprint density at radius 2 is 1.76 bits per heavy atom. The van der Waals surface area contributed by atoms with Crippen molar-refractivity contribution in [3.63, 3.8) is 0 Å². The van der Waals surface area contributed by atoms with Gasteiger partial charge in [-0.2, -0.15) is 4.98 Å². The first-order valence-electron chi connectivity index (χ1n) is 12.0. The number of benzene rings is 2. The SMILES string of the molecule is COc1ccc(-c2noc(N3CCC(C(=O)NCc4ccccc4N4CCCC4)CC3)n2)cc1. The standard InChI is InChI=1S/C26H31N5O3/c1-33-22-10-8-19(9-11-22)24-28-26(34-29-24)31-16-12-20(13-17-31)25(32)27-18-21-6-2-3-7-23(21)30-14-4-5-15-30/h2-3,6-11,20H,4-5,12-18H2,1H3,(H,27,32). The zero-order valence-electron chi connectivity index (χ0n) is 19.6. The van der Waals surface area contributed by atoms with Gasteiger partial charge in [-0.1, -0.05) is 23.4 Å². The van der Waals surface area contributed by atoms with Crippen LogP contribution in [-0.4, -0.2) is 49.3 Å². The molecule has 34 heavy (non-hydrogen) atoms. The number of amides is 1. The fourth-order valence-electron chi connectivity index (χ4n) is 4.79. The van der Waals surface area contributed by atoms with Crippen molar-refractivity contribution in [1.82, 2.24) is 15.5 Å². The molecule has 0 spiro atoms. The van der Waals surface area contributed by atoms with Crippen LogP contribution in [-0.2, 0) is 11.3 Å². The minimum atomic E-state index is -0.000760. The number of hydrogen-bond acceptors (Lipinski definition) is 7. The van der Waals surface area contributed by atoms with Crippen LogP contribution in [0.5, 0.6) is 5.75 Å². The first kappa shape index (κ1) is 22.3. The highest BCUT2D eigenvalue weighted by Gasteiger charge is 2.28. The molecule has 2 saturated heterocycles. The Balaban J connectivity index is 1.14. The van der Waals surface area contributed by atoms with Crippen LogP contribution in [0.1, 0.15) is 31.2 Å². The Bertz CT molecular complexity index is 1100. The van der Waals surface area contributed by atoms with Crippen LogP contribution in [0, 0.1) is 5.92 Å². The van der Waals surface area contributed by atoms with Crippen molar-refractivity contribution < 1.29 is 14.1 Å². The highest BCUT2D eigenvalue weighted by atomic mass is 16.5. The third kappa shape index (κ3) is 4.85. The van der Waals surface area contributed by atoms with Gasteiger partial charge in [0.1, 0.15) is 5.75 Å². The summed E-state index contributed by atoms with van der Waals surface area (Å²) in [6.07, 6.45) is 4.00. The highest BCUT2D eigenvalue weighted by Crippen LogP contribution is 2.27. The number of rotatable bonds is 7. The largest absolute Gasteiger partial charge is 0.497 e. The molecule has 178 valence electrons. The van der Waals surface area contributed by atoms with Gasteiger partial charge < -0.3 is 24.4 Å². The van der Waals surface area contributed by atoms with Crippen LogP contribution in [0.4, 0.5) is 11.7 Å². The molecule has 8 nitrogen and oxygen atoms in total. The van der Waals surface area contributed by atoms with Gasteiger partial charge in [0, 0.05) is 49.9 Å². The molecule has 2 aliphatic heterocycles. The Hall–Kier alpha value is -3.55. The highest BCUT2D eigenvalue weighted by molar-refractivity contribution is 5.79. The maximum atomic E-state index is 12.9. The van der Waals surface area contributed by atoms with Gasteiger partial charge in [-0.05, 0) is 61.6 Å². The fourth-order valence-corrected chi connectivity index (χ4v) is 4.79. The van der Waals surface area contributed by atoms with Crippen LogP contribution in [0.3, 0.4) is 0 Å². The molecule has 0 aliphatic carbocycles. The number of hydrogen-bond donors (Lipinski definition) is 1. The van der Waals surface area contributed by atoms with Gasteiger partial charge in [-0.25, -0.2) is 0 Å². The molecule has 1 amide bonds. The Kier molecular flexibility index (Phi) is 6.65. The summed E-state index contributed by atoms with van der Waals surface area (Å²) in [6, 6.07) is 16.5. The number of piperidine rings is 1. The third-order valence-electron chi connectivity index (χ3n) is 6.79. The lowest BCUT2D eigenvalue weighted by molar-refractivity contribution is -0.125. The third-order valence-corrected chi connectivity index (χ3v) is 6.79. The van der Waals surface area contributed by atoms with Gasteiger partial charge in [0.15, 0.2) is 0 Å². The van der Waals surface area contributed by atoms with E-state index in [4.69, 9.17) is 9.26 Å². The van der Waals surface area contributed by atoms with E-state index < -0.39 is 0 Å². The summed E-state index contributed by atoms with van der Waals surface area (Å²) in [5, 5.41) is 7.30. The molecule has 0 bridgehead atoms. The molecule has 1 aromatic heterocycles. The van der Waals surface area contributed by atoms with Gasteiger partial charge in [0.2, 0.25) is 11.7 Å². The lowest BCUT2D eigenvalue weighted by Gasteiger charge is -2.30. The molecule has 3 heterocycles. The summed E-state index contributed by atoms with van der Waals surface area (Å²) in [5.41, 5.74) is 3.31. The summed E-state index contributed by atoms with van der Waals surface area (Å²) in [5.74, 6) is 1.46. The molecule has 2 fully saturated rings. The second-order valence-electron chi connectivity index (χ2n) is 8.93. The molecule has 1 N–H and O–H groups in total. The van der Waals surface area contributed by atoms with Gasteiger partial charge in [0.25, 0.3) is 0 Å². The average Bonchev–Trinajstić information content (AvgIpc) is 3.61. The predicted octanol–water partition coefficient (Wildman–Crippen LogP) is 3.88. The van der Waals surface area contributed by atoms with E-state index in [1.807, 2.05) is 30.3 Å². The van der Waals surface area contributed by atoms with Crippen molar-refractivity contribution in [2.75, 3.05) is 43.1 Å². The summed E-state index contributed by atoms with van der Waals surface area (Å²) >= 11 is 0. The summed E-state index contributed by atoms with van der Waals surface area (Å²) in [7, 11) is 1.64. The molecule has 8 heteroatoms. The van der Waals surface area contributed by atoms with E-state index in [1.165, 1.54) is 24.1 Å². The van der Waals surface area contributed by atoms with Gasteiger partial charge in [-0.15, -0.1) is 0 Å². The number of carbonyl (C=O) groups excluding carboxylic acids is 1. The molecule has 0 saturated carbocycles. The molecule has 5 rings (SSSR count). The lowest BCUT2D eigenvalue weighted by Crippen LogP contribution is -2.40. The molecule has 0 unspecified atom stereocenters.